The number of benzene rings is 1. The number of halogens is 2. The minimum Gasteiger partial charge on any atom is -0.478 e. The minimum absolute atomic E-state index is 0.0596. The number of carboxylic acid groups (broad SMARTS) is 1. The maximum atomic E-state index is 14.5. The maximum Gasteiger partial charge on any atom is 0.334 e. The van der Waals surface area contributed by atoms with Crippen molar-refractivity contribution in [1.29, 1.82) is 5.26 Å². The molecule has 0 unspecified atom stereocenters. The number of rotatable bonds is 3. The van der Waals surface area contributed by atoms with E-state index in [1.54, 1.807) is 13.8 Å². The molecule has 1 aliphatic carbocycles. The molecule has 0 saturated heterocycles. The summed E-state index contributed by atoms with van der Waals surface area (Å²) in [6.07, 6.45) is 2.74. The average Bonchev–Trinajstić information content (AvgIpc) is 2.65. The third-order valence-electron chi connectivity index (χ3n) is 6.23. The maximum absolute atomic E-state index is 14.5. The van der Waals surface area contributed by atoms with Crippen molar-refractivity contribution in [3.63, 3.8) is 0 Å². The molecule has 0 spiro atoms. The second-order valence-corrected chi connectivity index (χ2v) is 7.99. The second-order valence-electron chi connectivity index (χ2n) is 7.99. The predicted molar refractivity (Wildman–Crippen MR) is 108 cm³/mol. The van der Waals surface area contributed by atoms with Crippen LogP contribution < -0.4 is 5.43 Å². The summed E-state index contributed by atoms with van der Waals surface area (Å²) in [7, 11) is 0. The molecule has 31 heavy (non-hydrogen) atoms. The fourth-order valence-electron chi connectivity index (χ4n) is 4.62. The van der Waals surface area contributed by atoms with Gasteiger partial charge >= 0.3 is 5.97 Å². The Morgan fingerprint density at radius 1 is 1.23 bits per heavy atom. The van der Waals surface area contributed by atoms with Crippen molar-refractivity contribution in [2.45, 2.75) is 52.0 Å². The lowest BCUT2D eigenvalue weighted by molar-refractivity contribution is -0.133. The molecule has 2 aliphatic rings. The zero-order valence-corrected chi connectivity index (χ0v) is 17.3. The van der Waals surface area contributed by atoms with Crippen molar-refractivity contribution in [1.82, 2.24) is 4.90 Å². The smallest absolute Gasteiger partial charge is 0.334 e. The number of allylic oxidation sites excluding steroid dienone is 3. The number of carboxylic acids is 1. The van der Waals surface area contributed by atoms with Crippen molar-refractivity contribution in [3.8, 4) is 6.07 Å². The summed E-state index contributed by atoms with van der Waals surface area (Å²) < 4.78 is 34.6. The summed E-state index contributed by atoms with van der Waals surface area (Å²) in [4.78, 5) is 26.6. The van der Waals surface area contributed by atoms with Crippen LogP contribution in [0.5, 0.6) is 0 Å². The molecule has 0 amide bonds. The molecule has 6 nitrogen and oxygen atoms in total. The Morgan fingerprint density at radius 3 is 2.45 bits per heavy atom. The minimum atomic E-state index is -1.36. The van der Waals surface area contributed by atoms with Gasteiger partial charge in [-0.15, -0.1) is 0 Å². The lowest BCUT2D eigenvalue weighted by Crippen LogP contribution is -2.42. The van der Waals surface area contributed by atoms with Gasteiger partial charge in [0.05, 0.1) is 23.1 Å². The topological polar surface area (TPSA) is 94.5 Å². The van der Waals surface area contributed by atoms with Crippen molar-refractivity contribution in [2.75, 3.05) is 0 Å². The first-order chi connectivity index (χ1) is 14.7. The van der Waals surface area contributed by atoms with E-state index in [9.17, 15) is 28.7 Å². The second kappa shape index (κ2) is 7.34. The zero-order valence-electron chi connectivity index (χ0n) is 17.3. The normalized spacial score (nSPS) is 19.6. The van der Waals surface area contributed by atoms with Gasteiger partial charge in [0, 0.05) is 29.1 Å². The highest BCUT2D eigenvalue weighted by atomic mass is 19.2. The van der Waals surface area contributed by atoms with Gasteiger partial charge in [0.1, 0.15) is 16.7 Å². The third kappa shape index (κ3) is 3.03. The largest absolute Gasteiger partial charge is 0.478 e. The van der Waals surface area contributed by atoms with E-state index in [-0.39, 0.29) is 34.1 Å². The van der Waals surface area contributed by atoms with Crippen LogP contribution in [0.4, 0.5) is 8.78 Å². The highest BCUT2D eigenvalue weighted by molar-refractivity contribution is 5.93. The summed E-state index contributed by atoms with van der Waals surface area (Å²) in [6, 6.07) is 4.02. The van der Waals surface area contributed by atoms with E-state index in [0.29, 0.717) is 11.4 Å². The van der Waals surface area contributed by atoms with E-state index in [1.807, 2.05) is 4.90 Å². The van der Waals surface area contributed by atoms with Gasteiger partial charge in [-0.05, 0) is 46.1 Å². The van der Waals surface area contributed by atoms with Crippen LogP contribution in [0, 0.1) is 29.9 Å². The van der Waals surface area contributed by atoms with Crippen LogP contribution >= 0.6 is 0 Å². The molecular weight excluding hydrogens is 406 g/mol. The van der Waals surface area contributed by atoms with E-state index in [1.165, 1.54) is 6.92 Å². The van der Waals surface area contributed by atoms with Gasteiger partial charge in [-0.3, -0.25) is 4.79 Å². The lowest BCUT2D eigenvalue weighted by atomic mass is 9.78. The number of nitrogens with zero attached hydrogens (tertiary/aromatic N) is 2. The lowest BCUT2D eigenvalue weighted by Gasteiger charge is -2.44. The molecule has 1 aliphatic heterocycles. The molecule has 0 bridgehead atoms. The standard InChI is InChI=1S/C23H20F2N2O4/c1-10-7-17(28)20-21(25)16(24)8-14(22(20)31-10)19-15(9-26)11(2)27(13-5-4-6-13)12(3)18(19)23(29)30/h7-8,13,19H,4-6H2,1-3H3,(H,29,30)/t19-/m1/s1. The van der Waals surface area contributed by atoms with Gasteiger partial charge in [-0.2, -0.15) is 5.26 Å². The summed E-state index contributed by atoms with van der Waals surface area (Å²) >= 11 is 0. The van der Waals surface area contributed by atoms with Gasteiger partial charge in [-0.1, -0.05) is 0 Å². The molecule has 160 valence electrons. The summed E-state index contributed by atoms with van der Waals surface area (Å²) in [5, 5.41) is 19.4. The number of aryl methyl sites for hydroxylation is 1. The molecule has 1 fully saturated rings. The van der Waals surface area contributed by atoms with Gasteiger partial charge in [-0.25, -0.2) is 13.6 Å². The van der Waals surface area contributed by atoms with Crippen LogP contribution in [0.15, 0.2) is 43.9 Å². The molecule has 4 rings (SSSR count). The Hall–Kier alpha value is -3.47. The number of fused-ring (bicyclic) bond motifs is 1. The summed E-state index contributed by atoms with van der Waals surface area (Å²) in [5.74, 6) is -5.00. The molecule has 0 radical (unpaired) electrons. The van der Waals surface area contributed by atoms with Crippen LogP contribution in [-0.2, 0) is 4.79 Å². The molecule has 1 N–H and O–H groups in total. The van der Waals surface area contributed by atoms with Crippen LogP contribution in [0.25, 0.3) is 11.0 Å². The van der Waals surface area contributed by atoms with E-state index in [4.69, 9.17) is 4.42 Å². The number of carbonyl (C=O) groups is 1. The van der Waals surface area contributed by atoms with Gasteiger partial charge in [0.2, 0.25) is 0 Å². The van der Waals surface area contributed by atoms with Gasteiger partial charge in [0.15, 0.2) is 17.1 Å². The van der Waals surface area contributed by atoms with Crippen molar-refractivity contribution >= 4 is 16.9 Å². The SMILES string of the molecule is CC1=C(C#N)[C@@H](c2cc(F)c(F)c3c(=O)cc(C)oc23)C(C(=O)O)=C(C)N1C1CCC1. The Labute approximate surface area is 176 Å². The molecule has 1 atom stereocenters. The first kappa shape index (κ1) is 20.8. The Bertz CT molecular complexity index is 1300. The number of nitriles is 1. The first-order valence-electron chi connectivity index (χ1n) is 9.93. The number of hydrogen-bond acceptors (Lipinski definition) is 5. The van der Waals surface area contributed by atoms with Gasteiger partial charge < -0.3 is 14.4 Å². The fraction of sp³-hybridized carbons (Fsp3) is 0.348. The molecular formula is C23H20F2N2O4. The highest BCUT2D eigenvalue weighted by Crippen LogP contribution is 2.46. The zero-order chi connectivity index (χ0) is 22.6. The van der Waals surface area contributed by atoms with Crippen LogP contribution in [0.3, 0.4) is 0 Å². The van der Waals surface area contributed by atoms with Crippen molar-refractivity contribution in [2.24, 2.45) is 0 Å². The van der Waals surface area contributed by atoms with E-state index >= 15 is 0 Å². The fourth-order valence-corrected chi connectivity index (χ4v) is 4.62. The van der Waals surface area contributed by atoms with E-state index in [2.05, 4.69) is 6.07 Å². The van der Waals surface area contributed by atoms with Crippen LogP contribution in [0.2, 0.25) is 0 Å². The summed E-state index contributed by atoms with van der Waals surface area (Å²) in [6.45, 7) is 4.85. The molecule has 1 saturated carbocycles. The quantitative estimate of drug-likeness (QED) is 0.777. The van der Waals surface area contributed by atoms with E-state index < -0.39 is 34.3 Å². The molecule has 2 heterocycles. The van der Waals surface area contributed by atoms with E-state index in [0.717, 1.165) is 31.4 Å². The molecule has 1 aromatic heterocycles. The van der Waals surface area contributed by atoms with Crippen molar-refractivity contribution < 1.29 is 23.1 Å². The van der Waals surface area contributed by atoms with Crippen molar-refractivity contribution in [3.05, 3.63) is 67.9 Å². The third-order valence-corrected chi connectivity index (χ3v) is 6.23. The Kier molecular flexibility index (Phi) is 4.92. The average molecular weight is 426 g/mol. The van der Waals surface area contributed by atoms with Crippen LogP contribution in [-0.4, -0.2) is 22.0 Å². The molecule has 2 aromatic rings. The highest BCUT2D eigenvalue weighted by Gasteiger charge is 2.41. The number of hydrogen-bond donors (Lipinski definition) is 1. The molecule has 8 heteroatoms. The van der Waals surface area contributed by atoms with Gasteiger partial charge in [0.25, 0.3) is 0 Å². The number of aliphatic carboxylic acids is 1. The monoisotopic (exact) mass is 426 g/mol. The Balaban J connectivity index is 2.09. The summed E-state index contributed by atoms with van der Waals surface area (Å²) in [5.41, 5.74) is -0.106. The first-order valence-corrected chi connectivity index (χ1v) is 9.93. The van der Waals surface area contributed by atoms with Crippen LogP contribution in [0.1, 0.15) is 50.4 Å². The predicted octanol–water partition coefficient (Wildman–Crippen LogP) is 4.49. The Morgan fingerprint density at radius 2 is 1.90 bits per heavy atom. The molecule has 1 aromatic carbocycles.